The fourth-order valence-electron chi connectivity index (χ4n) is 1.92. The van der Waals surface area contributed by atoms with Crippen molar-refractivity contribution in [1.82, 2.24) is 4.98 Å². The molecule has 0 fully saturated rings. The summed E-state index contributed by atoms with van der Waals surface area (Å²) in [7, 11) is 1.97. The second kappa shape index (κ2) is 5.51. The van der Waals surface area contributed by atoms with Crippen molar-refractivity contribution in [3.63, 3.8) is 0 Å². The number of aromatic hydroxyl groups is 1. The van der Waals surface area contributed by atoms with Crippen molar-refractivity contribution >= 4 is 5.69 Å². The number of hydrogen-bond donors (Lipinski definition) is 2. The van der Waals surface area contributed by atoms with Gasteiger partial charge in [0, 0.05) is 25.5 Å². The molecule has 0 bridgehead atoms. The molecule has 1 atom stereocenters. The Balaban J connectivity index is 2.25. The lowest BCUT2D eigenvalue weighted by molar-refractivity contribution is 0.475. The van der Waals surface area contributed by atoms with E-state index < -0.39 is 0 Å². The Morgan fingerprint density at radius 2 is 1.94 bits per heavy atom. The molecule has 0 aliphatic carbocycles. The van der Waals surface area contributed by atoms with Crippen LogP contribution in [0.15, 0.2) is 48.7 Å². The topological polar surface area (TPSA) is 62.4 Å². The van der Waals surface area contributed by atoms with Gasteiger partial charge in [-0.2, -0.15) is 0 Å². The molecule has 0 amide bonds. The smallest absolute Gasteiger partial charge is 0.115 e. The Hall–Kier alpha value is -2.07. The molecule has 2 rings (SSSR count). The molecule has 0 aliphatic rings. The van der Waals surface area contributed by atoms with Crippen LogP contribution in [0.1, 0.15) is 11.7 Å². The summed E-state index contributed by atoms with van der Waals surface area (Å²) in [6, 6.07) is 12.9. The first kappa shape index (κ1) is 12.4. The van der Waals surface area contributed by atoms with Gasteiger partial charge in [0.15, 0.2) is 0 Å². The summed E-state index contributed by atoms with van der Waals surface area (Å²) in [5, 5.41) is 9.30. The van der Waals surface area contributed by atoms with Gasteiger partial charge in [0.1, 0.15) is 5.75 Å². The molecule has 3 N–H and O–H groups in total. The van der Waals surface area contributed by atoms with E-state index in [0.717, 1.165) is 11.4 Å². The molecule has 2 aromatic rings. The standard InChI is InChI=1S/C14H17N3O/c1-17(11-5-7-12(18)8-6-11)14(10-15)13-4-2-3-9-16-13/h2-9,14,18H,10,15H2,1H3. The van der Waals surface area contributed by atoms with Gasteiger partial charge >= 0.3 is 0 Å². The van der Waals surface area contributed by atoms with Gasteiger partial charge in [-0.1, -0.05) is 6.07 Å². The second-order valence-electron chi connectivity index (χ2n) is 4.13. The van der Waals surface area contributed by atoms with E-state index in [1.807, 2.05) is 37.4 Å². The van der Waals surface area contributed by atoms with Crippen molar-refractivity contribution in [2.45, 2.75) is 6.04 Å². The van der Waals surface area contributed by atoms with Gasteiger partial charge < -0.3 is 15.7 Å². The summed E-state index contributed by atoms with van der Waals surface area (Å²) in [6.07, 6.45) is 1.77. The molecule has 0 saturated heterocycles. The van der Waals surface area contributed by atoms with Crippen molar-refractivity contribution in [2.24, 2.45) is 5.73 Å². The molecule has 4 heteroatoms. The third kappa shape index (κ3) is 2.60. The third-order valence-electron chi connectivity index (χ3n) is 2.98. The first-order valence-corrected chi connectivity index (χ1v) is 5.85. The maximum atomic E-state index is 9.30. The Morgan fingerprint density at radius 3 is 2.50 bits per heavy atom. The molecular weight excluding hydrogens is 226 g/mol. The van der Waals surface area contributed by atoms with Crippen LogP contribution < -0.4 is 10.6 Å². The van der Waals surface area contributed by atoms with Crippen LogP contribution in [-0.2, 0) is 0 Å². The molecule has 1 unspecified atom stereocenters. The molecule has 18 heavy (non-hydrogen) atoms. The number of likely N-dealkylation sites (N-methyl/N-ethyl adjacent to an activating group) is 1. The van der Waals surface area contributed by atoms with Crippen LogP contribution in [0, 0.1) is 0 Å². The first-order chi connectivity index (χ1) is 8.72. The van der Waals surface area contributed by atoms with Crippen molar-refractivity contribution in [3.8, 4) is 5.75 Å². The molecule has 0 spiro atoms. The van der Waals surface area contributed by atoms with Crippen molar-refractivity contribution in [1.29, 1.82) is 0 Å². The number of aromatic nitrogens is 1. The molecule has 0 aliphatic heterocycles. The van der Waals surface area contributed by atoms with E-state index in [9.17, 15) is 5.11 Å². The number of pyridine rings is 1. The Morgan fingerprint density at radius 1 is 1.22 bits per heavy atom. The zero-order chi connectivity index (χ0) is 13.0. The van der Waals surface area contributed by atoms with E-state index in [1.165, 1.54) is 0 Å². The summed E-state index contributed by atoms with van der Waals surface area (Å²) < 4.78 is 0. The first-order valence-electron chi connectivity index (χ1n) is 5.85. The fraction of sp³-hybridized carbons (Fsp3) is 0.214. The van der Waals surface area contributed by atoms with Gasteiger partial charge in [-0.15, -0.1) is 0 Å². The third-order valence-corrected chi connectivity index (χ3v) is 2.98. The summed E-state index contributed by atoms with van der Waals surface area (Å²) in [5.74, 6) is 0.259. The lowest BCUT2D eigenvalue weighted by atomic mass is 10.1. The minimum atomic E-state index is 0.0238. The molecule has 1 aromatic carbocycles. The van der Waals surface area contributed by atoms with Gasteiger partial charge in [-0.3, -0.25) is 4.98 Å². The molecule has 94 valence electrons. The predicted octanol–water partition coefficient (Wildman–Crippen LogP) is 1.92. The fourth-order valence-corrected chi connectivity index (χ4v) is 1.92. The zero-order valence-electron chi connectivity index (χ0n) is 10.3. The summed E-state index contributed by atoms with van der Waals surface area (Å²) >= 11 is 0. The highest BCUT2D eigenvalue weighted by molar-refractivity contribution is 5.49. The van der Waals surface area contributed by atoms with Crippen LogP contribution in [0.5, 0.6) is 5.75 Å². The number of phenols is 1. The van der Waals surface area contributed by atoms with Gasteiger partial charge in [-0.25, -0.2) is 0 Å². The zero-order valence-corrected chi connectivity index (χ0v) is 10.3. The second-order valence-corrected chi connectivity index (χ2v) is 4.13. The Bertz CT molecular complexity index is 484. The monoisotopic (exact) mass is 243 g/mol. The lowest BCUT2D eigenvalue weighted by Gasteiger charge is -2.28. The summed E-state index contributed by atoms with van der Waals surface area (Å²) in [4.78, 5) is 6.40. The minimum Gasteiger partial charge on any atom is -0.508 e. The molecule has 1 aromatic heterocycles. The van der Waals surface area contributed by atoms with Gasteiger partial charge in [-0.05, 0) is 36.4 Å². The highest BCUT2D eigenvalue weighted by atomic mass is 16.3. The van der Waals surface area contributed by atoms with Crippen molar-refractivity contribution < 1.29 is 5.11 Å². The highest BCUT2D eigenvalue weighted by Gasteiger charge is 2.16. The molecule has 0 radical (unpaired) electrons. The van der Waals surface area contributed by atoms with Crippen LogP contribution in [-0.4, -0.2) is 23.7 Å². The number of benzene rings is 1. The van der Waals surface area contributed by atoms with Gasteiger partial charge in [0.05, 0.1) is 11.7 Å². The van der Waals surface area contributed by atoms with Gasteiger partial charge in [0.25, 0.3) is 0 Å². The average Bonchev–Trinajstić information content (AvgIpc) is 2.41. The number of hydrogen-bond acceptors (Lipinski definition) is 4. The van der Waals surface area contributed by atoms with Crippen LogP contribution >= 0.6 is 0 Å². The average molecular weight is 243 g/mol. The molecule has 1 heterocycles. The van der Waals surface area contributed by atoms with E-state index >= 15 is 0 Å². The van der Waals surface area contributed by atoms with E-state index in [0.29, 0.717) is 6.54 Å². The Kier molecular flexibility index (Phi) is 3.79. The van der Waals surface area contributed by atoms with Gasteiger partial charge in [0.2, 0.25) is 0 Å². The normalized spacial score (nSPS) is 12.1. The summed E-state index contributed by atoms with van der Waals surface area (Å²) in [6.45, 7) is 0.481. The predicted molar refractivity (Wildman–Crippen MR) is 72.5 cm³/mol. The SMILES string of the molecule is CN(c1ccc(O)cc1)C(CN)c1ccccn1. The lowest BCUT2D eigenvalue weighted by Crippen LogP contribution is -2.31. The van der Waals surface area contributed by atoms with Crippen molar-refractivity contribution in [2.75, 3.05) is 18.5 Å². The maximum Gasteiger partial charge on any atom is 0.115 e. The van der Waals surface area contributed by atoms with Crippen LogP contribution in [0.2, 0.25) is 0 Å². The van der Waals surface area contributed by atoms with E-state index in [1.54, 1.807) is 18.3 Å². The molecule has 0 saturated carbocycles. The molecule has 4 nitrogen and oxygen atoms in total. The largest absolute Gasteiger partial charge is 0.508 e. The maximum absolute atomic E-state index is 9.30. The molecular formula is C14H17N3O. The van der Waals surface area contributed by atoms with Crippen LogP contribution in [0.4, 0.5) is 5.69 Å². The van der Waals surface area contributed by atoms with E-state index in [-0.39, 0.29) is 11.8 Å². The number of phenolic OH excluding ortho intramolecular Hbond substituents is 1. The minimum absolute atomic E-state index is 0.0238. The summed E-state index contributed by atoms with van der Waals surface area (Å²) in [5.41, 5.74) is 7.78. The highest BCUT2D eigenvalue weighted by Crippen LogP contribution is 2.25. The number of nitrogens with zero attached hydrogens (tertiary/aromatic N) is 2. The van der Waals surface area contributed by atoms with E-state index in [2.05, 4.69) is 9.88 Å². The number of nitrogens with two attached hydrogens (primary N) is 1. The number of anilines is 1. The quantitative estimate of drug-likeness (QED) is 0.861. The van der Waals surface area contributed by atoms with Crippen LogP contribution in [0.25, 0.3) is 0 Å². The van der Waals surface area contributed by atoms with Crippen LogP contribution in [0.3, 0.4) is 0 Å². The van der Waals surface area contributed by atoms with E-state index in [4.69, 9.17) is 5.73 Å². The number of rotatable bonds is 4. The van der Waals surface area contributed by atoms with Crippen molar-refractivity contribution in [3.05, 3.63) is 54.4 Å². The Labute approximate surface area is 107 Å².